The van der Waals surface area contributed by atoms with Crippen molar-refractivity contribution in [1.82, 2.24) is 25.6 Å². The van der Waals surface area contributed by atoms with Crippen LogP contribution in [-0.2, 0) is 16.0 Å². The number of urea groups is 1. The van der Waals surface area contributed by atoms with Crippen molar-refractivity contribution in [2.75, 3.05) is 20.7 Å². The minimum Gasteiger partial charge on any atom is -0.464 e. The Bertz CT molecular complexity index is 541. The molecule has 1 aromatic heterocycles. The monoisotopic (exact) mass is 298 g/mol. The van der Waals surface area contributed by atoms with Crippen LogP contribution in [0.15, 0.2) is 0 Å². The second-order valence-electron chi connectivity index (χ2n) is 4.10. The molecule has 0 saturated carbocycles. The lowest BCUT2D eigenvalue weighted by Gasteiger charge is -2.14. The SMILES string of the molecule is CNC(=O)NC(=O)C(C)n1nnc(C(=O)OC)c1CCN. The van der Waals surface area contributed by atoms with Crippen LogP contribution in [0.4, 0.5) is 4.79 Å². The van der Waals surface area contributed by atoms with Gasteiger partial charge in [0.15, 0.2) is 5.69 Å². The smallest absolute Gasteiger partial charge is 0.360 e. The van der Waals surface area contributed by atoms with Crippen molar-refractivity contribution in [2.24, 2.45) is 5.73 Å². The summed E-state index contributed by atoms with van der Waals surface area (Å²) < 4.78 is 5.85. The van der Waals surface area contributed by atoms with E-state index in [9.17, 15) is 14.4 Å². The van der Waals surface area contributed by atoms with Gasteiger partial charge in [0, 0.05) is 13.5 Å². The van der Waals surface area contributed by atoms with Gasteiger partial charge in [-0.05, 0) is 13.5 Å². The summed E-state index contributed by atoms with van der Waals surface area (Å²) in [5.41, 5.74) is 5.87. The van der Waals surface area contributed by atoms with Gasteiger partial charge in [0.05, 0.1) is 12.8 Å². The zero-order chi connectivity index (χ0) is 16.0. The molecule has 0 spiro atoms. The number of rotatable bonds is 5. The second kappa shape index (κ2) is 7.33. The molecule has 0 aliphatic heterocycles. The number of carbonyl (C=O) groups is 3. The minimum absolute atomic E-state index is 0.00235. The number of esters is 1. The van der Waals surface area contributed by atoms with Gasteiger partial charge in [0.25, 0.3) is 5.91 Å². The van der Waals surface area contributed by atoms with Crippen molar-refractivity contribution < 1.29 is 19.1 Å². The van der Waals surface area contributed by atoms with Gasteiger partial charge in [-0.3, -0.25) is 10.1 Å². The summed E-state index contributed by atoms with van der Waals surface area (Å²) in [5, 5.41) is 11.9. The first-order valence-corrected chi connectivity index (χ1v) is 6.21. The van der Waals surface area contributed by atoms with Gasteiger partial charge < -0.3 is 15.8 Å². The van der Waals surface area contributed by atoms with Crippen LogP contribution in [-0.4, -0.2) is 53.6 Å². The molecule has 0 saturated heterocycles. The third-order valence-electron chi connectivity index (χ3n) is 2.76. The number of hydrogen-bond donors (Lipinski definition) is 3. The van der Waals surface area contributed by atoms with Crippen molar-refractivity contribution in [1.29, 1.82) is 0 Å². The van der Waals surface area contributed by atoms with E-state index in [1.54, 1.807) is 0 Å². The van der Waals surface area contributed by atoms with E-state index in [1.165, 1.54) is 25.8 Å². The molecule has 0 bridgehead atoms. The van der Waals surface area contributed by atoms with Crippen molar-refractivity contribution >= 4 is 17.9 Å². The lowest BCUT2D eigenvalue weighted by molar-refractivity contribution is -0.123. The molecule has 10 heteroatoms. The van der Waals surface area contributed by atoms with E-state index in [1.807, 2.05) is 0 Å². The summed E-state index contributed by atoms with van der Waals surface area (Å²) in [6, 6.07) is -1.48. The highest BCUT2D eigenvalue weighted by Gasteiger charge is 2.26. The van der Waals surface area contributed by atoms with Crippen LogP contribution >= 0.6 is 0 Å². The van der Waals surface area contributed by atoms with Crippen LogP contribution in [0.1, 0.15) is 29.1 Å². The average molecular weight is 298 g/mol. The van der Waals surface area contributed by atoms with Crippen molar-refractivity contribution in [3.05, 3.63) is 11.4 Å². The van der Waals surface area contributed by atoms with Crippen LogP contribution < -0.4 is 16.4 Å². The van der Waals surface area contributed by atoms with E-state index < -0.39 is 23.9 Å². The molecule has 4 N–H and O–H groups in total. The summed E-state index contributed by atoms with van der Waals surface area (Å²) in [4.78, 5) is 34.7. The molecule has 1 aromatic rings. The molecule has 0 radical (unpaired) electrons. The fraction of sp³-hybridized carbons (Fsp3) is 0.545. The molecule has 0 aromatic carbocycles. The van der Waals surface area contributed by atoms with Gasteiger partial charge >= 0.3 is 12.0 Å². The maximum atomic E-state index is 11.9. The molecule has 10 nitrogen and oxygen atoms in total. The molecule has 21 heavy (non-hydrogen) atoms. The fourth-order valence-corrected chi connectivity index (χ4v) is 1.64. The van der Waals surface area contributed by atoms with E-state index in [4.69, 9.17) is 5.73 Å². The quantitative estimate of drug-likeness (QED) is 0.566. The molecule has 0 fully saturated rings. The van der Waals surface area contributed by atoms with Crippen LogP contribution in [0.2, 0.25) is 0 Å². The fourth-order valence-electron chi connectivity index (χ4n) is 1.64. The van der Waals surface area contributed by atoms with Gasteiger partial charge in [-0.15, -0.1) is 5.10 Å². The zero-order valence-corrected chi connectivity index (χ0v) is 12.0. The first kappa shape index (κ1) is 16.6. The predicted molar refractivity (Wildman–Crippen MR) is 71.4 cm³/mol. The standard InChI is InChI=1S/C11H18N6O4/c1-6(9(18)14-11(20)13-2)17-7(4-5-12)8(15-16-17)10(19)21-3/h6H,4-5,12H2,1-3H3,(H2,13,14,18,20). The number of ether oxygens (including phenoxy) is 1. The second-order valence-corrected chi connectivity index (χ2v) is 4.10. The van der Waals surface area contributed by atoms with E-state index in [-0.39, 0.29) is 18.7 Å². The highest BCUT2D eigenvalue weighted by molar-refractivity contribution is 5.96. The Morgan fingerprint density at radius 1 is 1.43 bits per heavy atom. The molecule has 1 unspecified atom stereocenters. The highest BCUT2D eigenvalue weighted by atomic mass is 16.5. The molecular formula is C11H18N6O4. The van der Waals surface area contributed by atoms with Gasteiger partial charge in [0.2, 0.25) is 0 Å². The Kier molecular flexibility index (Phi) is 5.79. The summed E-state index contributed by atoms with van der Waals surface area (Å²) in [6.07, 6.45) is 0.287. The van der Waals surface area contributed by atoms with Crippen LogP contribution in [0.25, 0.3) is 0 Å². The van der Waals surface area contributed by atoms with Crippen molar-refractivity contribution in [3.8, 4) is 0 Å². The Morgan fingerprint density at radius 3 is 2.62 bits per heavy atom. The molecule has 1 rings (SSSR count). The van der Waals surface area contributed by atoms with E-state index >= 15 is 0 Å². The van der Waals surface area contributed by atoms with Gasteiger partial charge in [0.1, 0.15) is 6.04 Å². The van der Waals surface area contributed by atoms with Crippen molar-refractivity contribution in [2.45, 2.75) is 19.4 Å². The third kappa shape index (κ3) is 3.75. The van der Waals surface area contributed by atoms with Crippen LogP contribution in [0.3, 0.4) is 0 Å². The maximum Gasteiger partial charge on any atom is 0.360 e. The van der Waals surface area contributed by atoms with Crippen LogP contribution in [0.5, 0.6) is 0 Å². The largest absolute Gasteiger partial charge is 0.464 e. The summed E-state index contributed by atoms with van der Waals surface area (Å²) in [5.74, 6) is -1.25. The first-order valence-electron chi connectivity index (χ1n) is 6.21. The lowest BCUT2D eigenvalue weighted by Crippen LogP contribution is -2.41. The van der Waals surface area contributed by atoms with Gasteiger partial charge in [-0.1, -0.05) is 5.21 Å². The number of carbonyl (C=O) groups excluding carboxylic acids is 3. The number of imide groups is 1. The lowest BCUT2D eigenvalue weighted by atomic mass is 10.2. The summed E-state index contributed by atoms with van der Waals surface area (Å²) >= 11 is 0. The summed E-state index contributed by atoms with van der Waals surface area (Å²) in [6.45, 7) is 1.76. The topological polar surface area (TPSA) is 141 Å². The Labute approximate surface area is 121 Å². The minimum atomic E-state index is -0.838. The Balaban J connectivity index is 3.06. The number of methoxy groups -OCH3 is 1. The van der Waals surface area contributed by atoms with Gasteiger partial charge in [-0.2, -0.15) is 0 Å². The molecule has 1 atom stereocenters. The molecule has 1 heterocycles. The number of amides is 3. The number of nitrogens with two attached hydrogens (primary N) is 1. The summed E-state index contributed by atoms with van der Waals surface area (Å²) in [7, 11) is 2.60. The Hall–Kier alpha value is -2.49. The number of nitrogens with zero attached hydrogens (tertiary/aromatic N) is 3. The molecule has 0 aliphatic carbocycles. The van der Waals surface area contributed by atoms with E-state index in [2.05, 4.69) is 25.7 Å². The normalized spacial score (nSPS) is 11.6. The number of hydrogen-bond acceptors (Lipinski definition) is 7. The maximum absolute atomic E-state index is 11.9. The molecule has 3 amide bonds. The van der Waals surface area contributed by atoms with E-state index in [0.29, 0.717) is 5.69 Å². The molecular weight excluding hydrogens is 280 g/mol. The van der Waals surface area contributed by atoms with E-state index in [0.717, 1.165) is 0 Å². The highest BCUT2D eigenvalue weighted by Crippen LogP contribution is 2.14. The third-order valence-corrected chi connectivity index (χ3v) is 2.76. The molecule has 116 valence electrons. The van der Waals surface area contributed by atoms with Gasteiger partial charge in [-0.25, -0.2) is 14.3 Å². The zero-order valence-electron chi connectivity index (χ0n) is 12.0. The van der Waals surface area contributed by atoms with Crippen molar-refractivity contribution in [3.63, 3.8) is 0 Å². The average Bonchev–Trinajstić information content (AvgIpc) is 2.89. The number of nitrogens with one attached hydrogen (secondary N) is 2. The number of aromatic nitrogens is 3. The Morgan fingerprint density at radius 2 is 2.10 bits per heavy atom. The predicted octanol–water partition coefficient (Wildman–Crippen LogP) is -1.42. The van der Waals surface area contributed by atoms with Crippen LogP contribution in [0, 0.1) is 0 Å². The molecule has 0 aliphatic rings. The first-order chi connectivity index (χ1) is 9.96.